The summed E-state index contributed by atoms with van der Waals surface area (Å²) >= 11 is 0. The highest BCUT2D eigenvalue weighted by Gasteiger charge is 2.26. The van der Waals surface area contributed by atoms with Gasteiger partial charge in [0, 0.05) is 11.8 Å². The van der Waals surface area contributed by atoms with E-state index in [0.29, 0.717) is 33.7 Å². The number of nitro groups is 1. The molecule has 27 heavy (non-hydrogen) atoms. The number of benzene rings is 2. The molecule has 0 radical (unpaired) electrons. The quantitative estimate of drug-likeness (QED) is 0.325. The molecule has 1 aliphatic heterocycles. The van der Waals surface area contributed by atoms with E-state index < -0.39 is 4.92 Å². The Labute approximate surface area is 151 Å². The number of aromatic nitrogens is 5. The van der Waals surface area contributed by atoms with E-state index in [0.717, 1.165) is 11.4 Å². The van der Waals surface area contributed by atoms with Gasteiger partial charge < -0.3 is 15.6 Å². The first-order valence-corrected chi connectivity index (χ1v) is 8.08. The predicted molar refractivity (Wildman–Crippen MR) is 99.8 cm³/mol. The van der Waals surface area contributed by atoms with E-state index in [4.69, 9.17) is 0 Å². The fourth-order valence-electron chi connectivity index (χ4n) is 3.17. The summed E-state index contributed by atoms with van der Waals surface area (Å²) in [5, 5.41) is 32.5. The van der Waals surface area contributed by atoms with Crippen LogP contribution in [0.2, 0.25) is 0 Å². The van der Waals surface area contributed by atoms with Crippen molar-refractivity contribution in [3.63, 3.8) is 0 Å². The number of nitrogens with one attached hydrogen (secondary N) is 4. The highest BCUT2D eigenvalue weighted by atomic mass is 16.6. The van der Waals surface area contributed by atoms with Gasteiger partial charge in [0.25, 0.3) is 0 Å². The zero-order valence-corrected chi connectivity index (χ0v) is 13.7. The molecule has 0 saturated carbocycles. The number of H-pyrrole nitrogens is 2. The van der Waals surface area contributed by atoms with Crippen molar-refractivity contribution in [3.8, 4) is 11.4 Å². The molecule has 0 aliphatic carbocycles. The molecule has 0 saturated heterocycles. The standard InChI is InChI=1S/C17H12N8O2/c26-25(27)16-10-7-9(17-21-23-24-22-17)5-6-11(10)20-15(16)14-8-18-12-3-1-2-4-13(12)19-14/h1-8,18-20H,(H,21,22,23,24). The van der Waals surface area contributed by atoms with Crippen LogP contribution in [0.5, 0.6) is 0 Å². The van der Waals surface area contributed by atoms with Crippen LogP contribution in [0.3, 0.4) is 0 Å². The van der Waals surface area contributed by atoms with Crippen molar-refractivity contribution in [1.29, 1.82) is 0 Å². The van der Waals surface area contributed by atoms with Gasteiger partial charge in [0.1, 0.15) is 5.69 Å². The van der Waals surface area contributed by atoms with Crippen LogP contribution < -0.4 is 10.6 Å². The van der Waals surface area contributed by atoms with Crippen molar-refractivity contribution in [3.05, 3.63) is 64.5 Å². The molecule has 0 fully saturated rings. The van der Waals surface area contributed by atoms with E-state index >= 15 is 0 Å². The number of hydrogen-bond acceptors (Lipinski definition) is 7. The molecule has 1 aliphatic rings. The van der Waals surface area contributed by atoms with E-state index in [-0.39, 0.29) is 5.69 Å². The van der Waals surface area contributed by atoms with Gasteiger partial charge in [0.15, 0.2) is 0 Å². The molecule has 0 bridgehead atoms. The Hall–Kier alpha value is -4.21. The third kappa shape index (κ3) is 2.39. The maximum Gasteiger partial charge on any atom is 0.304 e. The van der Waals surface area contributed by atoms with Gasteiger partial charge in [-0.1, -0.05) is 12.1 Å². The lowest BCUT2D eigenvalue weighted by atomic mass is 10.1. The fourth-order valence-corrected chi connectivity index (χ4v) is 3.17. The smallest absolute Gasteiger partial charge is 0.304 e. The molecule has 4 N–H and O–H groups in total. The predicted octanol–water partition coefficient (Wildman–Crippen LogP) is 3.09. The van der Waals surface area contributed by atoms with Crippen molar-refractivity contribution in [2.75, 3.05) is 10.6 Å². The minimum atomic E-state index is -0.392. The SMILES string of the molecule is O=[N+]([O-])c1c(C2=CNc3ccccc3N2)[nH]c2ccc(-c3nn[nH]n3)cc12. The van der Waals surface area contributed by atoms with E-state index in [1.54, 1.807) is 24.4 Å². The van der Waals surface area contributed by atoms with Crippen molar-refractivity contribution in [2.24, 2.45) is 0 Å². The van der Waals surface area contributed by atoms with Crippen LogP contribution in [0, 0.1) is 10.1 Å². The average Bonchev–Trinajstić information content (AvgIpc) is 3.34. The minimum Gasteiger partial charge on any atom is -0.358 e. The van der Waals surface area contributed by atoms with Crippen molar-refractivity contribution in [2.45, 2.75) is 0 Å². The average molecular weight is 360 g/mol. The number of rotatable bonds is 3. The zero-order valence-electron chi connectivity index (χ0n) is 13.7. The fraction of sp³-hybridized carbons (Fsp3) is 0. The summed E-state index contributed by atoms with van der Waals surface area (Å²) in [5.74, 6) is 0.375. The highest BCUT2D eigenvalue weighted by molar-refractivity contribution is 6.00. The molecule has 2 aromatic carbocycles. The second-order valence-corrected chi connectivity index (χ2v) is 5.97. The first kappa shape index (κ1) is 15.1. The summed E-state index contributed by atoms with van der Waals surface area (Å²) in [6, 6.07) is 12.9. The highest BCUT2D eigenvalue weighted by Crippen LogP contribution is 2.38. The summed E-state index contributed by atoms with van der Waals surface area (Å²) in [6.07, 6.45) is 1.71. The molecule has 5 rings (SSSR count). The molecular formula is C17H12N8O2. The van der Waals surface area contributed by atoms with E-state index in [1.165, 1.54) is 0 Å². The molecule has 0 unspecified atom stereocenters. The van der Waals surface area contributed by atoms with Gasteiger partial charge in [-0.2, -0.15) is 5.21 Å². The molecule has 10 nitrogen and oxygen atoms in total. The number of aromatic amines is 2. The Morgan fingerprint density at radius 1 is 1.07 bits per heavy atom. The summed E-state index contributed by atoms with van der Waals surface area (Å²) < 4.78 is 0. The first-order valence-electron chi connectivity index (χ1n) is 8.08. The van der Waals surface area contributed by atoms with Crippen LogP contribution in [0.15, 0.2) is 48.7 Å². The monoisotopic (exact) mass is 360 g/mol. The van der Waals surface area contributed by atoms with E-state index in [1.807, 2.05) is 24.3 Å². The number of tetrazole rings is 1. The summed E-state index contributed by atoms with van der Waals surface area (Å²) in [6.45, 7) is 0. The number of para-hydroxylation sites is 2. The van der Waals surface area contributed by atoms with Gasteiger partial charge in [-0.05, 0) is 35.5 Å². The minimum absolute atomic E-state index is 0.0183. The van der Waals surface area contributed by atoms with Crippen LogP contribution >= 0.6 is 0 Å². The number of anilines is 2. The Kier molecular flexibility index (Phi) is 3.16. The molecule has 10 heteroatoms. The Balaban J connectivity index is 1.66. The van der Waals surface area contributed by atoms with Crippen LogP contribution in [0.4, 0.5) is 17.1 Å². The Morgan fingerprint density at radius 2 is 1.93 bits per heavy atom. The molecule has 3 heterocycles. The van der Waals surface area contributed by atoms with Crippen LogP contribution in [-0.2, 0) is 0 Å². The largest absolute Gasteiger partial charge is 0.358 e. The third-order valence-electron chi connectivity index (χ3n) is 4.40. The zero-order chi connectivity index (χ0) is 18.4. The van der Waals surface area contributed by atoms with Gasteiger partial charge in [-0.3, -0.25) is 10.1 Å². The van der Waals surface area contributed by atoms with Gasteiger partial charge in [-0.25, -0.2) is 0 Å². The first-order chi connectivity index (χ1) is 13.2. The molecule has 0 spiro atoms. The lowest BCUT2D eigenvalue weighted by molar-refractivity contribution is -0.383. The summed E-state index contributed by atoms with van der Waals surface area (Å²) in [4.78, 5) is 14.6. The second-order valence-electron chi connectivity index (χ2n) is 5.97. The molecular weight excluding hydrogens is 348 g/mol. The van der Waals surface area contributed by atoms with Gasteiger partial charge in [0.05, 0.1) is 32.9 Å². The lowest BCUT2D eigenvalue weighted by Crippen LogP contribution is -2.10. The number of hydrogen-bond donors (Lipinski definition) is 4. The van der Waals surface area contributed by atoms with Crippen LogP contribution in [0.25, 0.3) is 28.0 Å². The molecule has 0 atom stereocenters. The Morgan fingerprint density at radius 3 is 2.70 bits per heavy atom. The maximum absolute atomic E-state index is 11.8. The van der Waals surface area contributed by atoms with Gasteiger partial charge >= 0.3 is 5.69 Å². The van der Waals surface area contributed by atoms with E-state index in [9.17, 15) is 10.1 Å². The third-order valence-corrected chi connectivity index (χ3v) is 4.40. The number of fused-ring (bicyclic) bond motifs is 2. The van der Waals surface area contributed by atoms with Crippen LogP contribution in [0.1, 0.15) is 5.69 Å². The van der Waals surface area contributed by atoms with Gasteiger partial charge in [-0.15, -0.1) is 10.2 Å². The summed E-state index contributed by atoms with van der Waals surface area (Å²) in [7, 11) is 0. The topological polar surface area (TPSA) is 137 Å². The molecule has 132 valence electrons. The van der Waals surface area contributed by atoms with Crippen molar-refractivity contribution in [1.82, 2.24) is 25.6 Å². The van der Waals surface area contributed by atoms with Crippen molar-refractivity contribution >= 4 is 33.7 Å². The van der Waals surface area contributed by atoms with Gasteiger partial charge in [0.2, 0.25) is 5.82 Å². The second kappa shape index (κ2) is 5.66. The molecule has 0 amide bonds. The van der Waals surface area contributed by atoms with E-state index in [2.05, 4.69) is 36.2 Å². The molecule has 2 aromatic heterocycles. The van der Waals surface area contributed by atoms with Crippen LogP contribution in [-0.4, -0.2) is 30.5 Å². The maximum atomic E-state index is 11.8. The van der Waals surface area contributed by atoms with Crippen molar-refractivity contribution < 1.29 is 4.92 Å². The molecule has 4 aromatic rings. The normalized spacial score (nSPS) is 12.8. The Bertz CT molecular complexity index is 1210. The summed E-state index contributed by atoms with van der Waals surface area (Å²) in [5.41, 5.74) is 3.98. The number of nitrogens with zero attached hydrogens (tertiary/aromatic N) is 4. The lowest BCUT2D eigenvalue weighted by Gasteiger charge is -2.19.